The fourth-order valence-electron chi connectivity index (χ4n) is 3.96. The predicted octanol–water partition coefficient (Wildman–Crippen LogP) is 1.32. The van der Waals surface area contributed by atoms with Gasteiger partial charge in [0.1, 0.15) is 5.69 Å². The maximum absolute atomic E-state index is 12.9. The third-order valence-corrected chi connectivity index (χ3v) is 7.19. The summed E-state index contributed by atoms with van der Waals surface area (Å²) in [5.74, 6) is -0.398. The Morgan fingerprint density at radius 1 is 1.19 bits per heavy atom. The third-order valence-electron chi connectivity index (χ3n) is 5.42. The molecule has 0 bridgehead atoms. The van der Waals surface area contributed by atoms with Crippen LogP contribution in [0.1, 0.15) is 29.8 Å². The number of hydrogen-bond donors (Lipinski definition) is 2. The number of para-hydroxylation sites is 1. The van der Waals surface area contributed by atoms with Crippen molar-refractivity contribution in [1.29, 1.82) is 0 Å². The Kier molecular flexibility index (Phi) is 4.67. The molecule has 2 N–H and O–H groups in total. The zero-order valence-corrected chi connectivity index (χ0v) is 15.8. The van der Waals surface area contributed by atoms with Crippen LogP contribution in [0.3, 0.4) is 0 Å². The van der Waals surface area contributed by atoms with Gasteiger partial charge in [0.15, 0.2) is 9.84 Å². The molecule has 2 fully saturated rings. The van der Waals surface area contributed by atoms with Gasteiger partial charge in [-0.3, -0.25) is 9.59 Å². The van der Waals surface area contributed by atoms with E-state index in [-0.39, 0.29) is 35.3 Å². The number of aromatic amines is 1. The van der Waals surface area contributed by atoms with Crippen LogP contribution < -0.4 is 5.32 Å². The molecule has 4 rings (SSSR count). The summed E-state index contributed by atoms with van der Waals surface area (Å²) in [6, 6.07) is 9.25. The number of likely N-dealkylation sites (tertiary alicyclic amines) is 1. The first-order valence-electron chi connectivity index (χ1n) is 9.29. The molecule has 2 unspecified atom stereocenters. The zero-order chi connectivity index (χ0) is 19.0. The summed E-state index contributed by atoms with van der Waals surface area (Å²) in [6.07, 6.45) is 1.94. The van der Waals surface area contributed by atoms with Gasteiger partial charge in [-0.1, -0.05) is 18.2 Å². The summed E-state index contributed by atoms with van der Waals surface area (Å²) in [7, 11) is -3.03. The van der Waals surface area contributed by atoms with E-state index in [4.69, 9.17) is 0 Å². The van der Waals surface area contributed by atoms with Crippen molar-refractivity contribution in [3.63, 3.8) is 0 Å². The van der Waals surface area contributed by atoms with Gasteiger partial charge < -0.3 is 15.2 Å². The van der Waals surface area contributed by atoms with E-state index in [9.17, 15) is 18.0 Å². The molecule has 3 heterocycles. The Morgan fingerprint density at radius 3 is 2.74 bits per heavy atom. The molecular weight excluding hydrogens is 366 g/mol. The van der Waals surface area contributed by atoms with Gasteiger partial charge in [0.2, 0.25) is 5.91 Å². The van der Waals surface area contributed by atoms with Gasteiger partial charge in [-0.05, 0) is 31.4 Å². The Balaban J connectivity index is 1.41. The summed E-state index contributed by atoms with van der Waals surface area (Å²) in [4.78, 5) is 30.3. The van der Waals surface area contributed by atoms with Gasteiger partial charge in [-0.15, -0.1) is 0 Å². The molecule has 0 spiro atoms. The molecule has 2 atom stereocenters. The van der Waals surface area contributed by atoms with E-state index >= 15 is 0 Å². The van der Waals surface area contributed by atoms with E-state index in [1.807, 2.05) is 30.3 Å². The SMILES string of the molecule is O=C(NC1CCS(=O)(=O)C1)C1CCCN(C(=O)c2cc3ccccc3[nH]2)C1. The van der Waals surface area contributed by atoms with Crippen LogP contribution in [0.15, 0.2) is 30.3 Å². The minimum atomic E-state index is -3.03. The van der Waals surface area contributed by atoms with Gasteiger partial charge in [-0.2, -0.15) is 0 Å². The molecule has 8 heteroatoms. The molecular formula is C19H23N3O4S. The Hall–Kier alpha value is -2.35. The number of hydrogen-bond acceptors (Lipinski definition) is 4. The van der Waals surface area contributed by atoms with Crippen molar-refractivity contribution in [2.24, 2.45) is 5.92 Å². The van der Waals surface area contributed by atoms with Gasteiger partial charge in [0, 0.05) is 30.0 Å². The maximum Gasteiger partial charge on any atom is 0.270 e. The monoisotopic (exact) mass is 389 g/mol. The van der Waals surface area contributed by atoms with Crippen molar-refractivity contribution in [2.75, 3.05) is 24.6 Å². The lowest BCUT2D eigenvalue weighted by atomic mass is 9.96. The summed E-state index contributed by atoms with van der Waals surface area (Å²) in [5, 5.41) is 3.84. The Bertz CT molecular complexity index is 949. The third kappa shape index (κ3) is 3.85. The fourth-order valence-corrected chi connectivity index (χ4v) is 5.64. The standard InChI is InChI=1S/C19H23N3O4S/c23-18(20-15-7-9-27(25,26)12-15)14-5-3-8-22(11-14)19(24)17-10-13-4-1-2-6-16(13)21-17/h1-2,4,6,10,14-15,21H,3,5,7-9,11-12H2,(H,20,23). The number of fused-ring (bicyclic) bond motifs is 1. The highest BCUT2D eigenvalue weighted by molar-refractivity contribution is 7.91. The van der Waals surface area contributed by atoms with Crippen LogP contribution in [-0.2, 0) is 14.6 Å². The van der Waals surface area contributed by atoms with Gasteiger partial charge in [0.05, 0.1) is 17.4 Å². The van der Waals surface area contributed by atoms with E-state index in [1.54, 1.807) is 4.90 Å². The maximum atomic E-state index is 12.9. The average molecular weight is 389 g/mol. The van der Waals surface area contributed by atoms with E-state index in [2.05, 4.69) is 10.3 Å². The van der Waals surface area contributed by atoms with Crippen molar-refractivity contribution < 1.29 is 18.0 Å². The second-order valence-electron chi connectivity index (χ2n) is 7.47. The second-order valence-corrected chi connectivity index (χ2v) is 9.70. The minimum Gasteiger partial charge on any atom is -0.352 e. The van der Waals surface area contributed by atoms with Crippen molar-refractivity contribution >= 4 is 32.6 Å². The number of sulfone groups is 1. The van der Waals surface area contributed by atoms with Crippen LogP contribution in [0.4, 0.5) is 0 Å². The number of H-pyrrole nitrogens is 1. The van der Waals surface area contributed by atoms with E-state index in [0.717, 1.165) is 17.3 Å². The number of amides is 2. The highest BCUT2D eigenvalue weighted by Gasteiger charge is 2.33. The van der Waals surface area contributed by atoms with Gasteiger partial charge in [-0.25, -0.2) is 8.42 Å². The topological polar surface area (TPSA) is 99.3 Å². The molecule has 2 aromatic rings. The highest BCUT2D eigenvalue weighted by Crippen LogP contribution is 2.22. The minimum absolute atomic E-state index is 0.0170. The van der Waals surface area contributed by atoms with Crippen molar-refractivity contribution in [3.05, 3.63) is 36.0 Å². The molecule has 0 aliphatic carbocycles. The molecule has 1 aromatic heterocycles. The first-order valence-corrected chi connectivity index (χ1v) is 11.1. The zero-order valence-electron chi connectivity index (χ0n) is 15.0. The molecule has 1 aromatic carbocycles. The van der Waals surface area contributed by atoms with Gasteiger partial charge >= 0.3 is 0 Å². The van der Waals surface area contributed by atoms with E-state index < -0.39 is 9.84 Å². The van der Waals surface area contributed by atoms with E-state index in [0.29, 0.717) is 31.6 Å². The summed E-state index contributed by atoms with van der Waals surface area (Å²) < 4.78 is 23.1. The normalized spacial score (nSPS) is 24.8. The summed E-state index contributed by atoms with van der Waals surface area (Å²) in [6.45, 7) is 0.981. The molecule has 0 radical (unpaired) electrons. The molecule has 0 saturated carbocycles. The molecule has 2 amide bonds. The lowest BCUT2D eigenvalue weighted by molar-refractivity contribution is -0.126. The number of rotatable bonds is 3. The predicted molar refractivity (Wildman–Crippen MR) is 102 cm³/mol. The highest BCUT2D eigenvalue weighted by atomic mass is 32.2. The van der Waals surface area contributed by atoms with Crippen molar-refractivity contribution in [2.45, 2.75) is 25.3 Å². The van der Waals surface area contributed by atoms with Gasteiger partial charge in [0.25, 0.3) is 5.91 Å². The number of piperidine rings is 1. The molecule has 2 aliphatic rings. The van der Waals surface area contributed by atoms with Crippen LogP contribution >= 0.6 is 0 Å². The number of carbonyl (C=O) groups excluding carboxylic acids is 2. The van der Waals surface area contributed by atoms with Crippen LogP contribution in [-0.4, -0.2) is 60.8 Å². The van der Waals surface area contributed by atoms with Crippen LogP contribution in [0, 0.1) is 5.92 Å². The van der Waals surface area contributed by atoms with Crippen molar-refractivity contribution in [1.82, 2.24) is 15.2 Å². The number of carbonyl (C=O) groups is 2. The fraction of sp³-hybridized carbons (Fsp3) is 0.474. The second kappa shape index (κ2) is 6.99. The summed E-state index contributed by atoms with van der Waals surface area (Å²) in [5.41, 5.74) is 1.44. The Labute approximate surface area is 158 Å². The number of nitrogens with zero attached hydrogens (tertiary/aromatic N) is 1. The van der Waals surface area contributed by atoms with Crippen LogP contribution in [0.2, 0.25) is 0 Å². The molecule has 144 valence electrons. The number of benzene rings is 1. The number of aromatic nitrogens is 1. The average Bonchev–Trinajstić information content (AvgIpc) is 3.24. The molecule has 2 aliphatic heterocycles. The molecule has 7 nitrogen and oxygen atoms in total. The van der Waals surface area contributed by atoms with Crippen molar-refractivity contribution in [3.8, 4) is 0 Å². The first-order chi connectivity index (χ1) is 12.9. The smallest absolute Gasteiger partial charge is 0.270 e. The molecule has 27 heavy (non-hydrogen) atoms. The summed E-state index contributed by atoms with van der Waals surface area (Å²) >= 11 is 0. The molecule has 2 saturated heterocycles. The Morgan fingerprint density at radius 2 is 2.00 bits per heavy atom. The number of nitrogens with one attached hydrogen (secondary N) is 2. The lowest BCUT2D eigenvalue weighted by Crippen LogP contribution is -2.47. The first kappa shape index (κ1) is 18.0. The quantitative estimate of drug-likeness (QED) is 0.827. The van der Waals surface area contributed by atoms with Crippen LogP contribution in [0.5, 0.6) is 0 Å². The largest absolute Gasteiger partial charge is 0.352 e. The van der Waals surface area contributed by atoms with E-state index in [1.165, 1.54) is 0 Å². The van der Waals surface area contributed by atoms with Crippen LogP contribution in [0.25, 0.3) is 10.9 Å². The lowest BCUT2D eigenvalue weighted by Gasteiger charge is -2.32.